The van der Waals surface area contributed by atoms with Crippen LogP contribution in [0.25, 0.3) is 5.69 Å². The highest BCUT2D eigenvalue weighted by Gasteiger charge is 2.45. The lowest BCUT2D eigenvalue weighted by Crippen LogP contribution is -2.46. The molecule has 0 bridgehead atoms. The summed E-state index contributed by atoms with van der Waals surface area (Å²) in [4.78, 5) is 46.5. The normalized spacial score (nSPS) is 19.1. The van der Waals surface area contributed by atoms with Gasteiger partial charge in [-0.1, -0.05) is 13.0 Å². The predicted molar refractivity (Wildman–Crippen MR) is 232 cm³/mol. The maximum atomic E-state index is 15.0. The molecular formula is C43H51F2N9O11S. The number of halogens is 2. The van der Waals surface area contributed by atoms with Gasteiger partial charge in [0.25, 0.3) is 0 Å². The van der Waals surface area contributed by atoms with Crippen molar-refractivity contribution >= 4 is 33.8 Å². The summed E-state index contributed by atoms with van der Waals surface area (Å²) in [6, 6.07) is 18.3. The van der Waals surface area contributed by atoms with Crippen molar-refractivity contribution in [1.82, 2.24) is 33.4 Å². The van der Waals surface area contributed by atoms with E-state index in [4.69, 9.17) is 28.2 Å². The van der Waals surface area contributed by atoms with Gasteiger partial charge in [0.05, 0.1) is 31.5 Å². The van der Waals surface area contributed by atoms with Crippen molar-refractivity contribution in [3.8, 4) is 11.4 Å². The molecule has 20 nitrogen and oxygen atoms in total. The number of benzene rings is 3. The fourth-order valence-electron chi connectivity index (χ4n) is 8.13. The first-order chi connectivity index (χ1) is 31.5. The Balaban J connectivity index is 0.877. The van der Waals surface area contributed by atoms with Gasteiger partial charge in [-0.15, -0.1) is 0 Å². The molecule has 5 aromatic rings. The summed E-state index contributed by atoms with van der Waals surface area (Å²) in [5.41, 5.74) is 1.38. The molecule has 2 aliphatic heterocycles. The predicted octanol–water partition coefficient (Wildman–Crippen LogP) is 4.36. The monoisotopic (exact) mass is 939 g/mol. The molecule has 23 heteroatoms. The minimum absolute atomic E-state index is 0.0539. The summed E-state index contributed by atoms with van der Waals surface area (Å²) in [6.45, 7) is 7.70. The van der Waals surface area contributed by atoms with E-state index in [0.29, 0.717) is 41.8 Å². The molecule has 354 valence electrons. The highest BCUT2D eigenvalue weighted by Crippen LogP contribution is 2.42. The SMILES string of the molecule is CC[C@@H]([C@H](C)OC(=O)OC(C)OC(=O)CN(C)S(=O)(=O)O)n1ncn(-c2ccc(N3CCN(c4ccc(OC[C@@H]5CO[C@@](Cn6cncn6)(c6ccc(F)cc6F)C5)cc4)CC3)cc2)c1=O. The number of hydrogen-bond donors (Lipinski definition) is 1. The van der Waals surface area contributed by atoms with Crippen LogP contribution in [0.15, 0.2) is 90.5 Å². The topological polar surface area (TPSA) is 215 Å². The van der Waals surface area contributed by atoms with E-state index in [1.165, 1.54) is 47.3 Å². The summed E-state index contributed by atoms with van der Waals surface area (Å²) in [7, 11) is -3.66. The summed E-state index contributed by atoms with van der Waals surface area (Å²) in [6.07, 6.45) is 1.58. The van der Waals surface area contributed by atoms with Gasteiger partial charge >= 0.3 is 28.1 Å². The number of piperazine rings is 1. The molecule has 4 heterocycles. The van der Waals surface area contributed by atoms with Crippen LogP contribution in [0.2, 0.25) is 0 Å². The zero-order chi connectivity index (χ0) is 47.2. The number of nitrogens with zero attached hydrogens (tertiary/aromatic N) is 9. The summed E-state index contributed by atoms with van der Waals surface area (Å²) in [5.74, 6) is -1.78. The van der Waals surface area contributed by atoms with Crippen molar-refractivity contribution in [3.63, 3.8) is 0 Å². The molecule has 66 heavy (non-hydrogen) atoms. The lowest BCUT2D eigenvalue weighted by atomic mass is 9.87. The summed E-state index contributed by atoms with van der Waals surface area (Å²) >= 11 is 0. The number of likely N-dealkylation sites (N-methyl/N-ethyl adjacent to an activating group) is 1. The van der Waals surface area contributed by atoms with Crippen LogP contribution < -0.4 is 20.2 Å². The smallest absolute Gasteiger partial charge is 0.493 e. The molecule has 1 N–H and O–H groups in total. The van der Waals surface area contributed by atoms with Gasteiger partial charge in [-0.2, -0.15) is 22.9 Å². The number of hydrogen-bond acceptors (Lipinski definition) is 15. The lowest BCUT2D eigenvalue weighted by molar-refractivity contribution is -0.169. The minimum Gasteiger partial charge on any atom is -0.493 e. The molecule has 2 fully saturated rings. The molecule has 0 radical (unpaired) electrons. The van der Waals surface area contributed by atoms with Gasteiger partial charge in [0.15, 0.2) is 0 Å². The number of aromatic nitrogens is 6. The van der Waals surface area contributed by atoms with E-state index in [2.05, 4.69) is 25.0 Å². The van der Waals surface area contributed by atoms with E-state index in [9.17, 15) is 27.2 Å². The molecule has 0 aliphatic carbocycles. The van der Waals surface area contributed by atoms with Gasteiger partial charge in [-0.3, -0.25) is 9.35 Å². The van der Waals surface area contributed by atoms with Crippen LogP contribution >= 0.6 is 0 Å². The molecule has 2 saturated heterocycles. The molecule has 2 aliphatic rings. The van der Waals surface area contributed by atoms with Crippen molar-refractivity contribution in [2.24, 2.45) is 5.92 Å². The zero-order valence-electron chi connectivity index (χ0n) is 36.7. The Hall–Kier alpha value is -6.43. The third-order valence-electron chi connectivity index (χ3n) is 11.5. The maximum absolute atomic E-state index is 15.0. The first-order valence-electron chi connectivity index (χ1n) is 21.2. The molecule has 5 atom stereocenters. The van der Waals surface area contributed by atoms with E-state index in [1.807, 2.05) is 48.5 Å². The van der Waals surface area contributed by atoms with E-state index in [-0.39, 0.29) is 18.0 Å². The van der Waals surface area contributed by atoms with Gasteiger partial charge in [0.1, 0.15) is 54.6 Å². The minimum atomic E-state index is -4.62. The van der Waals surface area contributed by atoms with E-state index in [0.717, 1.165) is 50.7 Å². The fourth-order valence-corrected chi connectivity index (χ4v) is 8.40. The number of esters is 1. The van der Waals surface area contributed by atoms with Crippen LogP contribution in [0, 0.1) is 17.6 Å². The maximum Gasteiger partial charge on any atom is 0.511 e. The highest BCUT2D eigenvalue weighted by atomic mass is 32.2. The van der Waals surface area contributed by atoms with Crippen molar-refractivity contribution in [1.29, 1.82) is 0 Å². The Morgan fingerprint density at radius 3 is 2.18 bits per heavy atom. The first kappa shape index (κ1) is 47.5. The second-order valence-electron chi connectivity index (χ2n) is 16.1. The first-order valence-corrected chi connectivity index (χ1v) is 22.6. The third kappa shape index (κ3) is 11.3. The highest BCUT2D eigenvalue weighted by molar-refractivity contribution is 7.83. The standard InChI is InChI=1S/C43H51F2N9O11S/c1-5-39(29(2)63-42(57)65-30(3)64-40(55)22-49(4)66(58,59)60)54-41(56)53(28-48-54)35-9-7-33(8-10-35)50-16-18-51(19-17-50)34-11-13-36(14-12-34)61-23-31-21-43(62-24-31,25-52-27-46-26-47-52)37-15-6-32(44)20-38(37)45/h6-15,20,26-31,39H,5,16-19,21-25H2,1-4H3,(H,58,59,60)/t29-,30?,31+,39-,43-/m0/s1. The molecule has 3 aromatic carbocycles. The molecule has 0 amide bonds. The Labute approximate surface area is 379 Å². The van der Waals surface area contributed by atoms with Crippen molar-refractivity contribution in [3.05, 3.63) is 113 Å². The molecule has 7 rings (SSSR count). The number of anilines is 2. The second kappa shape index (κ2) is 20.4. The summed E-state index contributed by atoms with van der Waals surface area (Å²) < 4.78 is 92.2. The Kier molecular flexibility index (Phi) is 14.7. The van der Waals surface area contributed by atoms with Gasteiger partial charge in [0.2, 0.25) is 6.29 Å². The Bertz CT molecular complexity index is 2610. The van der Waals surface area contributed by atoms with Crippen LogP contribution in [0.3, 0.4) is 0 Å². The van der Waals surface area contributed by atoms with Gasteiger partial charge in [0, 0.05) is 69.1 Å². The van der Waals surface area contributed by atoms with Crippen LogP contribution in [0.4, 0.5) is 25.0 Å². The van der Waals surface area contributed by atoms with Gasteiger partial charge in [-0.25, -0.2) is 37.3 Å². The van der Waals surface area contributed by atoms with Gasteiger partial charge in [-0.05, 0) is 74.4 Å². The third-order valence-corrected chi connectivity index (χ3v) is 12.5. The van der Waals surface area contributed by atoms with E-state index >= 15 is 4.39 Å². The van der Waals surface area contributed by atoms with Crippen LogP contribution in [0.5, 0.6) is 5.75 Å². The van der Waals surface area contributed by atoms with Gasteiger partial charge < -0.3 is 33.5 Å². The van der Waals surface area contributed by atoms with Crippen molar-refractivity contribution < 1.29 is 55.0 Å². The summed E-state index contributed by atoms with van der Waals surface area (Å²) in [5, 5.41) is 8.47. The van der Waals surface area contributed by atoms with Crippen LogP contribution in [-0.4, -0.2) is 124 Å². The molecule has 2 aromatic heterocycles. The molecule has 0 saturated carbocycles. The molecule has 0 spiro atoms. The van der Waals surface area contributed by atoms with Crippen molar-refractivity contribution in [2.45, 2.75) is 64.2 Å². The van der Waals surface area contributed by atoms with Crippen molar-refractivity contribution in [2.75, 3.05) is 62.8 Å². The van der Waals surface area contributed by atoms with Crippen LogP contribution in [0.1, 0.15) is 45.2 Å². The second-order valence-corrected chi connectivity index (χ2v) is 17.6. The average Bonchev–Trinajstić information content (AvgIpc) is 4.04. The van der Waals surface area contributed by atoms with E-state index < -0.39 is 70.3 Å². The average molecular weight is 940 g/mol. The largest absolute Gasteiger partial charge is 0.511 e. The molecule has 1 unspecified atom stereocenters. The number of carbonyl (C=O) groups excluding carboxylic acids is 2. The number of ether oxygens (including phenoxy) is 5. The molecular weight excluding hydrogens is 889 g/mol. The zero-order valence-corrected chi connectivity index (χ0v) is 37.5. The quantitative estimate of drug-likeness (QED) is 0.0734. The fraction of sp³-hybridized carbons (Fsp3) is 0.442. The Morgan fingerprint density at radius 2 is 1.58 bits per heavy atom. The van der Waals surface area contributed by atoms with E-state index in [1.54, 1.807) is 18.5 Å². The number of carbonyl (C=O) groups is 2. The number of rotatable bonds is 18. The Morgan fingerprint density at radius 1 is 0.924 bits per heavy atom. The van der Waals surface area contributed by atoms with Crippen LogP contribution in [-0.2, 0) is 46.2 Å². The lowest BCUT2D eigenvalue weighted by Gasteiger charge is -2.37.